The molecule has 0 aliphatic carbocycles. The first-order chi connectivity index (χ1) is 13.0. The summed E-state index contributed by atoms with van der Waals surface area (Å²) in [5.74, 6) is 0.722. The van der Waals surface area contributed by atoms with E-state index in [0.29, 0.717) is 18.2 Å². The maximum Gasteiger partial charge on any atom is 0.321 e. The number of hydrogen-bond donors (Lipinski definition) is 1. The second-order valence-corrected chi connectivity index (χ2v) is 7.32. The molecule has 2 amide bonds. The van der Waals surface area contributed by atoms with Crippen LogP contribution in [0.4, 0.5) is 10.5 Å². The lowest BCUT2D eigenvalue weighted by molar-refractivity contribution is 0.207. The van der Waals surface area contributed by atoms with E-state index in [1.807, 2.05) is 36.6 Å². The number of likely N-dealkylation sites (N-methyl/N-ethyl adjacent to an activating group) is 1. The number of urea groups is 1. The molecule has 0 atom stereocenters. The van der Waals surface area contributed by atoms with E-state index in [4.69, 9.17) is 16.3 Å². The number of benzene rings is 2. The molecule has 2 aromatic carbocycles. The second-order valence-electron chi connectivity index (χ2n) is 6.03. The van der Waals surface area contributed by atoms with E-state index >= 15 is 0 Å². The topological polar surface area (TPSA) is 54.5 Å². The van der Waals surface area contributed by atoms with Crippen molar-refractivity contribution in [3.63, 3.8) is 0 Å². The fourth-order valence-electron chi connectivity index (χ4n) is 2.37. The maximum absolute atomic E-state index is 12.4. The van der Waals surface area contributed by atoms with Crippen LogP contribution in [0.3, 0.4) is 0 Å². The van der Waals surface area contributed by atoms with Gasteiger partial charge in [-0.25, -0.2) is 9.78 Å². The lowest BCUT2D eigenvalue weighted by Crippen LogP contribution is -2.34. The van der Waals surface area contributed by atoms with Gasteiger partial charge in [-0.2, -0.15) is 0 Å². The molecule has 0 spiro atoms. The van der Waals surface area contributed by atoms with E-state index < -0.39 is 0 Å². The quantitative estimate of drug-likeness (QED) is 0.608. The summed E-state index contributed by atoms with van der Waals surface area (Å²) in [5, 5.41) is 6.51. The van der Waals surface area contributed by atoms with Crippen molar-refractivity contribution in [2.75, 3.05) is 25.5 Å². The molecule has 140 valence electrons. The molecule has 7 heteroatoms. The molecule has 0 fully saturated rings. The first kappa shape index (κ1) is 19.2. The molecule has 1 N–H and O–H groups in total. The van der Waals surface area contributed by atoms with Gasteiger partial charge < -0.3 is 15.0 Å². The molecule has 0 unspecified atom stereocenters. The Labute approximate surface area is 167 Å². The number of halogens is 1. The highest BCUT2D eigenvalue weighted by Gasteiger charge is 2.10. The normalized spacial score (nSPS) is 10.5. The highest BCUT2D eigenvalue weighted by Crippen LogP contribution is 2.26. The Morgan fingerprint density at radius 1 is 1.26 bits per heavy atom. The Bertz CT molecular complexity index is 912. The summed E-state index contributed by atoms with van der Waals surface area (Å²) < 4.78 is 5.62. The van der Waals surface area contributed by atoms with Crippen LogP contribution in [-0.4, -0.2) is 36.1 Å². The standard InChI is InChI=1S/C20H20ClN3O2S/c1-14-13-27-19(22-14)15-4-3-5-17(12-15)23-20(25)24(2)10-11-26-18-8-6-16(21)7-9-18/h3-9,12-13H,10-11H2,1-2H3,(H,23,25). The van der Waals surface area contributed by atoms with Crippen LogP contribution in [-0.2, 0) is 0 Å². The molecule has 0 radical (unpaired) electrons. The largest absolute Gasteiger partial charge is 0.492 e. The fraction of sp³-hybridized carbons (Fsp3) is 0.200. The van der Waals surface area contributed by atoms with E-state index in [0.717, 1.165) is 27.7 Å². The zero-order chi connectivity index (χ0) is 19.2. The maximum atomic E-state index is 12.4. The van der Waals surface area contributed by atoms with Gasteiger partial charge in [0.25, 0.3) is 0 Å². The van der Waals surface area contributed by atoms with Crippen LogP contribution >= 0.6 is 22.9 Å². The van der Waals surface area contributed by atoms with Gasteiger partial charge in [0.15, 0.2) is 0 Å². The molecule has 3 rings (SSSR count). The summed E-state index contributed by atoms with van der Waals surface area (Å²) in [6, 6.07) is 14.6. The number of nitrogens with one attached hydrogen (secondary N) is 1. The molecule has 1 aromatic heterocycles. The SMILES string of the molecule is Cc1csc(-c2cccc(NC(=O)N(C)CCOc3ccc(Cl)cc3)c2)n1. The Morgan fingerprint density at radius 3 is 2.74 bits per heavy atom. The second kappa shape index (κ2) is 8.88. The molecule has 5 nitrogen and oxygen atoms in total. The summed E-state index contributed by atoms with van der Waals surface area (Å²) in [4.78, 5) is 18.4. The number of carbonyl (C=O) groups is 1. The van der Waals surface area contributed by atoms with E-state index in [9.17, 15) is 4.79 Å². The molecule has 0 saturated heterocycles. The summed E-state index contributed by atoms with van der Waals surface area (Å²) in [5.41, 5.74) is 2.71. The fourth-order valence-corrected chi connectivity index (χ4v) is 3.29. The number of rotatable bonds is 6. The Morgan fingerprint density at radius 2 is 2.04 bits per heavy atom. The van der Waals surface area contributed by atoms with Crippen LogP contribution in [0.15, 0.2) is 53.9 Å². The number of amides is 2. The summed E-state index contributed by atoms with van der Waals surface area (Å²) >= 11 is 7.43. The van der Waals surface area contributed by atoms with Crippen molar-refractivity contribution in [3.8, 4) is 16.3 Å². The van der Waals surface area contributed by atoms with Gasteiger partial charge >= 0.3 is 6.03 Å². The van der Waals surface area contributed by atoms with Crippen LogP contribution in [0.25, 0.3) is 10.6 Å². The lowest BCUT2D eigenvalue weighted by Gasteiger charge is -2.18. The van der Waals surface area contributed by atoms with E-state index in [2.05, 4.69) is 10.3 Å². The van der Waals surface area contributed by atoms with Crippen molar-refractivity contribution < 1.29 is 9.53 Å². The van der Waals surface area contributed by atoms with Gasteiger partial charge in [-0.1, -0.05) is 23.7 Å². The average molecular weight is 402 g/mol. The van der Waals surface area contributed by atoms with Crippen LogP contribution in [0, 0.1) is 6.92 Å². The first-order valence-electron chi connectivity index (χ1n) is 8.44. The Kier molecular flexibility index (Phi) is 6.32. The summed E-state index contributed by atoms with van der Waals surface area (Å²) in [6.07, 6.45) is 0. The molecule has 27 heavy (non-hydrogen) atoms. The predicted molar refractivity (Wildman–Crippen MR) is 111 cm³/mol. The van der Waals surface area contributed by atoms with Crippen molar-refractivity contribution >= 4 is 34.7 Å². The van der Waals surface area contributed by atoms with Crippen molar-refractivity contribution in [3.05, 3.63) is 64.6 Å². The Balaban J connectivity index is 1.52. The number of aromatic nitrogens is 1. The minimum atomic E-state index is -0.192. The number of nitrogens with zero attached hydrogens (tertiary/aromatic N) is 2. The third-order valence-corrected chi connectivity index (χ3v) is 5.10. The third kappa shape index (κ3) is 5.45. The van der Waals surface area contributed by atoms with Gasteiger partial charge in [0, 0.05) is 34.4 Å². The summed E-state index contributed by atoms with van der Waals surface area (Å²) in [7, 11) is 1.73. The van der Waals surface area contributed by atoms with Crippen molar-refractivity contribution in [1.82, 2.24) is 9.88 Å². The highest BCUT2D eigenvalue weighted by molar-refractivity contribution is 7.13. The van der Waals surface area contributed by atoms with Gasteiger partial charge in [0.1, 0.15) is 17.4 Å². The van der Waals surface area contributed by atoms with E-state index in [1.165, 1.54) is 0 Å². The van der Waals surface area contributed by atoms with Crippen molar-refractivity contribution in [1.29, 1.82) is 0 Å². The van der Waals surface area contributed by atoms with Crippen LogP contribution in [0.1, 0.15) is 5.69 Å². The third-order valence-electron chi connectivity index (χ3n) is 3.84. The smallest absolute Gasteiger partial charge is 0.321 e. The minimum absolute atomic E-state index is 0.192. The van der Waals surface area contributed by atoms with Gasteiger partial charge in [0.05, 0.1) is 6.54 Å². The highest BCUT2D eigenvalue weighted by atomic mass is 35.5. The first-order valence-corrected chi connectivity index (χ1v) is 9.70. The molecule has 1 heterocycles. The number of carbonyl (C=O) groups excluding carboxylic acids is 1. The molecule has 0 aliphatic rings. The molecule has 0 bridgehead atoms. The average Bonchev–Trinajstić information content (AvgIpc) is 3.10. The zero-order valence-corrected chi connectivity index (χ0v) is 16.7. The number of anilines is 1. The van der Waals surface area contributed by atoms with Gasteiger partial charge in [0.2, 0.25) is 0 Å². The number of aryl methyl sites for hydroxylation is 1. The monoisotopic (exact) mass is 401 g/mol. The number of ether oxygens (including phenoxy) is 1. The van der Waals surface area contributed by atoms with Crippen molar-refractivity contribution in [2.45, 2.75) is 6.92 Å². The van der Waals surface area contributed by atoms with Gasteiger partial charge in [-0.15, -0.1) is 11.3 Å². The van der Waals surface area contributed by atoms with Gasteiger partial charge in [-0.3, -0.25) is 0 Å². The molecule has 0 saturated carbocycles. The van der Waals surface area contributed by atoms with Gasteiger partial charge in [-0.05, 0) is 43.3 Å². The molecule has 0 aliphatic heterocycles. The summed E-state index contributed by atoms with van der Waals surface area (Å²) in [6.45, 7) is 2.82. The number of thiazole rings is 1. The van der Waals surface area contributed by atoms with E-state index in [1.54, 1.807) is 47.5 Å². The van der Waals surface area contributed by atoms with Crippen LogP contribution in [0.5, 0.6) is 5.75 Å². The van der Waals surface area contributed by atoms with Crippen LogP contribution < -0.4 is 10.1 Å². The minimum Gasteiger partial charge on any atom is -0.492 e. The molecule has 3 aromatic rings. The zero-order valence-electron chi connectivity index (χ0n) is 15.1. The molecular formula is C20H20ClN3O2S. The van der Waals surface area contributed by atoms with E-state index in [-0.39, 0.29) is 6.03 Å². The lowest BCUT2D eigenvalue weighted by atomic mass is 10.2. The Hall–Kier alpha value is -2.57. The molecular weight excluding hydrogens is 382 g/mol. The predicted octanol–water partition coefficient (Wildman–Crippen LogP) is 5.31. The number of hydrogen-bond acceptors (Lipinski definition) is 4. The van der Waals surface area contributed by atoms with Crippen LogP contribution in [0.2, 0.25) is 5.02 Å². The van der Waals surface area contributed by atoms with Crippen molar-refractivity contribution in [2.24, 2.45) is 0 Å².